The number of hydrogen-bond donors (Lipinski definition) is 3. The number of rotatable bonds is 5. The third-order valence-electron chi connectivity index (χ3n) is 2.70. The lowest BCUT2D eigenvalue weighted by molar-refractivity contribution is 0.0697. The molecular formula is C14H13ClN2O4. The van der Waals surface area contributed by atoms with Crippen LogP contribution >= 0.6 is 11.6 Å². The van der Waals surface area contributed by atoms with Crippen molar-refractivity contribution in [1.29, 1.82) is 0 Å². The van der Waals surface area contributed by atoms with Crippen LogP contribution in [0.5, 0.6) is 0 Å². The van der Waals surface area contributed by atoms with Crippen LogP contribution in [0, 0.1) is 0 Å². The highest BCUT2D eigenvalue weighted by molar-refractivity contribution is 6.34. The predicted octanol–water partition coefficient (Wildman–Crippen LogP) is 3.00. The van der Waals surface area contributed by atoms with Crippen molar-refractivity contribution < 1.29 is 19.1 Å². The molecule has 1 aromatic carbocycles. The molecule has 6 nitrogen and oxygen atoms in total. The molecule has 110 valence electrons. The Balaban J connectivity index is 1.86. The van der Waals surface area contributed by atoms with E-state index in [0.29, 0.717) is 18.7 Å². The maximum Gasteiger partial charge on any atom is 0.335 e. The number of nitrogens with one attached hydrogen (secondary N) is 2. The van der Waals surface area contributed by atoms with Crippen LogP contribution in [0.4, 0.5) is 10.5 Å². The van der Waals surface area contributed by atoms with Gasteiger partial charge in [-0.25, -0.2) is 9.59 Å². The van der Waals surface area contributed by atoms with Gasteiger partial charge in [0, 0.05) is 13.0 Å². The number of amides is 2. The molecule has 7 heteroatoms. The van der Waals surface area contributed by atoms with E-state index in [1.807, 2.05) is 6.07 Å². The Hall–Kier alpha value is -2.47. The number of halogens is 1. The summed E-state index contributed by atoms with van der Waals surface area (Å²) in [5.74, 6) is -0.300. The first-order valence-electron chi connectivity index (χ1n) is 6.16. The zero-order valence-corrected chi connectivity index (χ0v) is 11.7. The van der Waals surface area contributed by atoms with Gasteiger partial charge in [-0.1, -0.05) is 11.6 Å². The number of hydrogen-bond acceptors (Lipinski definition) is 3. The van der Waals surface area contributed by atoms with E-state index in [4.69, 9.17) is 21.1 Å². The average Bonchev–Trinajstić information content (AvgIpc) is 2.94. The van der Waals surface area contributed by atoms with Crippen molar-refractivity contribution in [3.8, 4) is 0 Å². The fourth-order valence-electron chi connectivity index (χ4n) is 1.67. The number of carboxylic acids is 1. The molecule has 0 fully saturated rings. The maximum atomic E-state index is 11.7. The number of benzene rings is 1. The number of carboxylic acid groups (broad SMARTS) is 1. The van der Waals surface area contributed by atoms with E-state index < -0.39 is 12.0 Å². The molecule has 3 N–H and O–H groups in total. The van der Waals surface area contributed by atoms with E-state index in [-0.39, 0.29) is 10.6 Å². The highest BCUT2D eigenvalue weighted by atomic mass is 35.5. The summed E-state index contributed by atoms with van der Waals surface area (Å²) in [6.07, 6.45) is 2.14. The van der Waals surface area contributed by atoms with Crippen molar-refractivity contribution in [3.05, 3.63) is 52.9 Å². The SMILES string of the molecule is O=C(NCCc1ccco1)Nc1ccc(C(=O)O)cc1Cl. The first kappa shape index (κ1) is 14.9. The molecule has 0 saturated carbocycles. The van der Waals surface area contributed by atoms with Gasteiger partial charge in [0.15, 0.2) is 0 Å². The maximum absolute atomic E-state index is 11.7. The second-order valence-electron chi connectivity index (χ2n) is 4.21. The lowest BCUT2D eigenvalue weighted by atomic mass is 10.2. The smallest absolute Gasteiger partial charge is 0.335 e. The summed E-state index contributed by atoms with van der Waals surface area (Å²) >= 11 is 5.91. The normalized spacial score (nSPS) is 10.1. The Kier molecular flexibility index (Phi) is 4.84. The van der Waals surface area contributed by atoms with Crippen molar-refractivity contribution in [2.24, 2.45) is 0 Å². The van der Waals surface area contributed by atoms with Gasteiger partial charge in [0.05, 0.1) is 22.5 Å². The Labute approximate surface area is 125 Å². The van der Waals surface area contributed by atoms with Crippen LogP contribution in [0.3, 0.4) is 0 Å². The number of anilines is 1. The van der Waals surface area contributed by atoms with Gasteiger partial charge >= 0.3 is 12.0 Å². The number of carbonyl (C=O) groups is 2. The van der Waals surface area contributed by atoms with Crippen molar-refractivity contribution in [2.75, 3.05) is 11.9 Å². The number of aromatic carboxylic acids is 1. The molecule has 21 heavy (non-hydrogen) atoms. The standard InChI is InChI=1S/C14H13ClN2O4/c15-11-8-9(13(18)19)3-4-12(11)17-14(20)16-6-5-10-2-1-7-21-10/h1-4,7-8H,5-6H2,(H,18,19)(H2,16,17,20). The molecule has 0 saturated heterocycles. The zero-order chi connectivity index (χ0) is 15.2. The Bertz CT molecular complexity index is 640. The van der Waals surface area contributed by atoms with Gasteiger partial charge < -0.3 is 20.2 Å². The van der Waals surface area contributed by atoms with Gasteiger partial charge in [0.1, 0.15) is 5.76 Å². The topological polar surface area (TPSA) is 91.6 Å². The van der Waals surface area contributed by atoms with Crippen molar-refractivity contribution >= 4 is 29.3 Å². The fourth-order valence-corrected chi connectivity index (χ4v) is 1.90. The van der Waals surface area contributed by atoms with E-state index in [2.05, 4.69) is 10.6 Å². The molecule has 2 aromatic rings. The Morgan fingerprint density at radius 1 is 1.29 bits per heavy atom. The molecule has 0 radical (unpaired) electrons. The molecule has 1 heterocycles. The molecule has 0 aliphatic rings. The summed E-state index contributed by atoms with van der Waals surface area (Å²) in [5, 5.41) is 14.2. The molecule has 0 spiro atoms. The van der Waals surface area contributed by atoms with E-state index in [9.17, 15) is 9.59 Å². The third kappa shape index (κ3) is 4.25. The van der Waals surface area contributed by atoms with Gasteiger partial charge in [-0.3, -0.25) is 0 Å². The van der Waals surface area contributed by atoms with Gasteiger partial charge in [0.2, 0.25) is 0 Å². The van der Waals surface area contributed by atoms with Crippen molar-refractivity contribution in [3.63, 3.8) is 0 Å². The molecule has 0 unspecified atom stereocenters. The predicted molar refractivity (Wildman–Crippen MR) is 77.8 cm³/mol. The highest BCUT2D eigenvalue weighted by Crippen LogP contribution is 2.22. The minimum Gasteiger partial charge on any atom is -0.478 e. The summed E-state index contributed by atoms with van der Waals surface area (Å²) in [4.78, 5) is 22.5. The number of furan rings is 1. The fraction of sp³-hybridized carbons (Fsp3) is 0.143. The average molecular weight is 309 g/mol. The Morgan fingerprint density at radius 2 is 2.10 bits per heavy atom. The van der Waals surface area contributed by atoms with Gasteiger partial charge in [-0.2, -0.15) is 0 Å². The first-order valence-corrected chi connectivity index (χ1v) is 6.54. The largest absolute Gasteiger partial charge is 0.478 e. The minimum atomic E-state index is -1.08. The number of carbonyl (C=O) groups excluding carboxylic acids is 1. The van der Waals surface area contributed by atoms with Crippen molar-refractivity contribution in [2.45, 2.75) is 6.42 Å². The summed E-state index contributed by atoms with van der Waals surface area (Å²) in [5.41, 5.74) is 0.404. The van der Waals surface area contributed by atoms with Crippen LogP contribution in [-0.2, 0) is 6.42 Å². The number of urea groups is 1. The summed E-state index contributed by atoms with van der Waals surface area (Å²) in [7, 11) is 0. The van der Waals surface area contributed by atoms with Crippen molar-refractivity contribution in [1.82, 2.24) is 5.32 Å². The van der Waals surface area contributed by atoms with Gasteiger partial charge in [0.25, 0.3) is 0 Å². The van der Waals surface area contributed by atoms with E-state index >= 15 is 0 Å². The van der Waals surface area contributed by atoms with E-state index in [0.717, 1.165) is 5.76 Å². The lowest BCUT2D eigenvalue weighted by Gasteiger charge is -2.09. The molecule has 1 aromatic heterocycles. The summed E-state index contributed by atoms with van der Waals surface area (Å²) in [6.45, 7) is 0.407. The zero-order valence-electron chi connectivity index (χ0n) is 10.9. The molecule has 0 bridgehead atoms. The molecule has 0 aliphatic carbocycles. The van der Waals surface area contributed by atoms with Crippen LogP contribution in [-0.4, -0.2) is 23.7 Å². The molecule has 2 rings (SSSR count). The van der Waals surface area contributed by atoms with E-state index in [1.54, 1.807) is 12.3 Å². The second-order valence-corrected chi connectivity index (χ2v) is 4.62. The van der Waals surface area contributed by atoms with Crippen LogP contribution in [0.25, 0.3) is 0 Å². The second kappa shape index (κ2) is 6.81. The molecule has 0 aliphatic heterocycles. The summed E-state index contributed by atoms with van der Waals surface area (Å²) in [6, 6.07) is 7.26. The monoisotopic (exact) mass is 308 g/mol. The third-order valence-corrected chi connectivity index (χ3v) is 3.01. The quantitative estimate of drug-likeness (QED) is 0.791. The minimum absolute atomic E-state index is 0.0591. The van der Waals surface area contributed by atoms with Crippen LogP contribution in [0.1, 0.15) is 16.1 Å². The first-order chi connectivity index (χ1) is 10.1. The van der Waals surface area contributed by atoms with Crippen LogP contribution in [0.15, 0.2) is 41.0 Å². The van der Waals surface area contributed by atoms with Gasteiger partial charge in [-0.15, -0.1) is 0 Å². The molecular weight excluding hydrogens is 296 g/mol. The lowest BCUT2D eigenvalue weighted by Crippen LogP contribution is -2.30. The Morgan fingerprint density at radius 3 is 2.71 bits per heavy atom. The molecule has 2 amide bonds. The van der Waals surface area contributed by atoms with Crippen LogP contribution < -0.4 is 10.6 Å². The van der Waals surface area contributed by atoms with Crippen LogP contribution in [0.2, 0.25) is 5.02 Å². The molecule has 0 atom stereocenters. The van der Waals surface area contributed by atoms with Gasteiger partial charge in [-0.05, 0) is 30.3 Å². The van der Waals surface area contributed by atoms with E-state index in [1.165, 1.54) is 18.2 Å². The summed E-state index contributed by atoms with van der Waals surface area (Å²) < 4.78 is 5.14. The highest BCUT2D eigenvalue weighted by Gasteiger charge is 2.09.